The second-order valence-electron chi connectivity index (χ2n) is 6.52. The molecule has 6 nitrogen and oxygen atoms in total. The number of carbonyl (C=O) groups excluding carboxylic acids is 2. The maximum absolute atomic E-state index is 12.8. The standard InChI is InChI=1S/C22H17ClN2O4S/c23-17-6-4-16(5-7-17)18-12-19(20-2-1-10-28-20)25(24-18)21(26)13-29-22(27)8-3-15-9-11-30-14-15/h1-11,14,19H,12-13H2/b8-3+. The Kier molecular flexibility index (Phi) is 6.11. The van der Waals surface area contributed by atoms with Gasteiger partial charge in [-0.3, -0.25) is 4.79 Å². The predicted octanol–water partition coefficient (Wildman–Crippen LogP) is 4.93. The molecule has 0 aliphatic carbocycles. The average Bonchev–Trinajstić information content (AvgIpc) is 3.52. The van der Waals surface area contributed by atoms with Crippen LogP contribution in [0, 0.1) is 0 Å². The van der Waals surface area contributed by atoms with Crippen molar-refractivity contribution in [3.05, 3.63) is 87.5 Å². The van der Waals surface area contributed by atoms with Crippen LogP contribution in [0.15, 0.2) is 75.1 Å². The highest BCUT2D eigenvalue weighted by Crippen LogP contribution is 2.33. The topological polar surface area (TPSA) is 72.1 Å². The molecule has 3 aromatic rings. The summed E-state index contributed by atoms with van der Waals surface area (Å²) in [5.74, 6) is -0.414. The SMILES string of the molecule is O=C(/C=C/c1ccsc1)OCC(=O)N1N=C(c2ccc(Cl)cc2)CC1c1ccco1. The molecule has 0 radical (unpaired) electrons. The molecule has 0 saturated heterocycles. The van der Waals surface area contributed by atoms with E-state index in [0.717, 1.165) is 16.8 Å². The molecule has 1 atom stereocenters. The Labute approximate surface area is 182 Å². The molecule has 1 aliphatic heterocycles. The molecular formula is C22H17ClN2O4S. The normalized spacial score (nSPS) is 16.1. The molecule has 0 fully saturated rings. The third-order valence-electron chi connectivity index (χ3n) is 4.51. The first-order chi connectivity index (χ1) is 14.6. The van der Waals surface area contributed by atoms with Gasteiger partial charge in [-0.25, -0.2) is 9.80 Å². The van der Waals surface area contributed by atoms with E-state index in [1.54, 1.807) is 36.6 Å². The monoisotopic (exact) mass is 440 g/mol. The van der Waals surface area contributed by atoms with E-state index < -0.39 is 24.5 Å². The molecule has 1 aliphatic rings. The molecule has 8 heteroatoms. The van der Waals surface area contributed by atoms with Gasteiger partial charge in [0, 0.05) is 17.5 Å². The fraction of sp³-hybridized carbons (Fsp3) is 0.136. The summed E-state index contributed by atoms with van der Waals surface area (Å²) in [5, 5.41) is 10.2. The number of thiophene rings is 1. The van der Waals surface area contributed by atoms with Crippen molar-refractivity contribution in [1.82, 2.24) is 5.01 Å². The number of nitrogens with zero attached hydrogens (tertiary/aromatic N) is 2. The number of amides is 1. The van der Waals surface area contributed by atoms with Crippen LogP contribution in [0.1, 0.15) is 29.3 Å². The highest BCUT2D eigenvalue weighted by atomic mass is 35.5. The van der Waals surface area contributed by atoms with Gasteiger partial charge in [-0.1, -0.05) is 23.7 Å². The van der Waals surface area contributed by atoms with Gasteiger partial charge in [-0.15, -0.1) is 0 Å². The summed E-state index contributed by atoms with van der Waals surface area (Å²) < 4.78 is 10.6. The summed E-state index contributed by atoms with van der Waals surface area (Å²) in [5.41, 5.74) is 2.49. The van der Waals surface area contributed by atoms with E-state index in [4.69, 9.17) is 20.8 Å². The maximum atomic E-state index is 12.8. The first kappa shape index (κ1) is 20.1. The minimum absolute atomic E-state index is 0.404. The van der Waals surface area contributed by atoms with E-state index in [9.17, 15) is 9.59 Å². The summed E-state index contributed by atoms with van der Waals surface area (Å²) in [6.45, 7) is -0.415. The smallest absolute Gasteiger partial charge is 0.331 e. The van der Waals surface area contributed by atoms with E-state index >= 15 is 0 Å². The minimum atomic E-state index is -0.592. The Hall–Kier alpha value is -3.16. The zero-order chi connectivity index (χ0) is 20.9. The Bertz CT molecular complexity index is 1070. The zero-order valence-electron chi connectivity index (χ0n) is 15.7. The van der Waals surface area contributed by atoms with Crippen LogP contribution < -0.4 is 0 Å². The molecule has 4 rings (SSSR count). The number of ether oxygens (including phenoxy) is 1. The molecule has 3 heterocycles. The van der Waals surface area contributed by atoms with Gasteiger partial charge < -0.3 is 9.15 Å². The summed E-state index contributed by atoms with van der Waals surface area (Å²) in [7, 11) is 0. The molecule has 1 aromatic carbocycles. The molecular weight excluding hydrogens is 424 g/mol. The lowest BCUT2D eigenvalue weighted by Gasteiger charge is -2.19. The molecule has 0 N–H and O–H groups in total. The summed E-state index contributed by atoms with van der Waals surface area (Å²) in [6.07, 6.45) is 4.97. The number of hydrogen-bond donors (Lipinski definition) is 0. The van der Waals surface area contributed by atoms with Crippen molar-refractivity contribution in [2.75, 3.05) is 6.61 Å². The van der Waals surface area contributed by atoms with E-state index in [1.165, 1.54) is 22.4 Å². The van der Waals surface area contributed by atoms with E-state index in [0.29, 0.717) is 17.2 Å². The highest BCUT2D eigenvalue weighted by Gasteiger charge is 2.35. The lowest BCUT2D eigenvalue weighted by atomic mass is 10.0. The Morgan fingerprint density at radius 3 is 2.80 bits per heavy atom. The Morgan fingerprint density at radius 2 is 2.10 bits per heavy atom. The molecule has 0 bridgehead atoms. The third kappa shape index (κ3) is 4.69. The van der Waals surface area contributed by atoms with Crippen LogP contribution in [0.2, 0.25) is 5.02 Å². The highest BCUT2D eigenvalue weighted by molar-refractivity contribution is 7.08. The van der Waals surface area contributed by atoms with Gasteiger partial charge in [0.15, 0.2) is 6.61 Å². The fourth-order valence-corrected chi connectivity index (χ4v) is 3.80. The summed E-state index contributed by atoms with van der Waals surface area (Å²) in [4.78, 5) is 24.7. The number of hydrogen-bond acceptors (Lipinski definition) is 6. The first-order valence-electron chi connectivity index (χ1n) is 9.16. The molecule has 0 saturated carbocycles. The maximum Gasteiger partial charge on any atom is 0.331 e. The summed E-state index contributed by atoms with van der Waals surface area (Å²) in [6, 6.07) is 12.3. The van der Waals surface area contributed by atoms with E-state index in [-0.39, 0.29) is 0 Å². The molecule has 1 unspecified atom stereocenters. The van der Waals surface area contributed by atoms with Crippen molar-refractivity contribution in [2.24, 2.45) is 5.10 Å². The predicted molar refractivity (Wildman–Crippen MR) is 115 cm³/mol. The van der Waals surface area contributed by atoms with Crippen molar-refractivity contribution in [1.29, 1.82) is 0 Å². The van der Waals surface area contributed by atoms with Crippen LogP contribution in [0.5, 0.6) is 0 Å². The lowest BCUT2D eigenvalue weighted by molar-refractivity contribution is -0.149. The van der Waals surface area contributed by atoms with Crippen LogP contribution in [0.3, 0.4) is 0 Å². The van der Waals surface area contributed by atoms with Crippen LogP contribution >= 0.6 is 22.9 Å². The van der Waals surface area contributed by atoms with Gasteiger partial charge in [0.1, 0.15) is 11.8 Å². The number of furan rings is 1. The number of hydrazone groups is 1. The van der Waals surface area contributed by atoms with Gasteiger partial charge in [0.05, 0.1) is 12.0 Å². The molecule has 152 valence electrons. The molecule has 2 aromatic heterocycles. The summed E-state index contributed by atoms with van der Waals surface area (Å²) >= 11 is 7.49. The quantitative estimate of drug-likeness (QED) is 0.402. The van der Waals surface area contributed by atoms with Crippen molar-refractivity contribution in [3.63, 3.8) is 0 Å². The van der Waals surface area contributed by atoms with Crippen molar-refractivity contribution in [3.8, 4) is 0 Å². The van der Waals surface area contributed by atoms with E-state index in [2.05, 4.69) is 5.10 Å². The number of carbonyl (C=O) groups is 2. The van der Waals surface area contributed by atoms with Crippen LogP contribution in [0.4, 0.5) is 0 Å². The number of rotatable bonds is 6. The van der Waals surface area contributed by atoms with Crippen molar-refractivity contribution < 1.29 is 18.7 Å². The Morgan fingerprint density at radius 1 is 1.27 bits per heavy atom. The molecule has 1 amide bonds. The van der Waals surface area contributed by atoms with Gasteiger partial charge in [0.25, 0.3) is 5.91 Å². The molecule has 30 heavy (non-hydrogen) atoms. The van der Waals surface area contributed by atoms with Crippen LogP contribution in [-0.4, -0.2) is 29.2 Å². The third-order valence-corrected chi connectivity index (χ3v) is 5.46. The fourth-order valence-electron chi connectivity index (χ4n) is 3.04. The number of benzene rings is 1. The number of esters is 1. The van der Waals surface area contributed by atoms with Crippen LogP contribution in [0.25, 0.3) is 6.08 Å². The molecule has 0 spiro atoms. The van der Waals surface area contributed by atoms with Crippen LogP contribution in [-0.2, 0) is 14.3 Å². The van der Waals surface area contributed by atoms with Crippen molar-refractivity contribution >= 4 is 46.6 Å². The van der Waals surface area contributed by atoms with E-state index in [1.807, 2.05) is 29.0 Å². The van der Waals surface area contributed by atoms with Gasteiger partial charge in [-0.05, 0) is 58.3 Å². The zero-order valence-corrected chi connectivity index (χ0v) is 17.3. The van der Waals surface area contributed by atoms with Crippen molar-refractivity contribution in [2.45, 2.75) is 12.5 Å². The van der Waals surface area contributed by atoms with Gasteiger partial charge >= 0.3 is 5.97 Å². The lowest BCUT2D eigenvalue weighted by Crippen LogP contribution is -2.31. The second-order valence-corrected chi connectivity index (χ2v) is 7.74. The minimum Gasteiger partial charge on any atom is -0.467 e. The first-order valence-corrected chi connectivity index (χ1v) is 10.5. The van der Waals surface area contributed by atoms with Gasteiger partial charge in [-0.2, -0.15) is 16.4 Å². The largest absolute Gasteiger partial charge is 0.467 e. The number of halogens is 1. The second kappa shape index (κ2) is 9.11. The average molecular weight is 441 g/mol. The van der Waals surface area contributed by atoms with Gasteiger partial charge in [0.2, 0.25) is 0 Å². The Balaban J connectivity index is 1.46.